The minimum absolute atomic E-state index is 0.0169. The quantitative estimate of drug-likeness (QED) is 0.0320. The molecule has 0 aromatic rings. The van der Waals surface area contributed by atoms with E-state index in [0.717, 1.165) is 44.9 Å². The molecular weight excluding hydrogens is 1050 g/mol. The van der Waals surface area contributed by atoms with Crippen LogP contribution in [0.5, 0.6) is 0 Å². The Morgan fingerprint density at radius 3 is 0.884 bits per heavy atom. The Balaban J connectivity index is 3.40. The lowest BCUT2D eigenvalue weighted by Crippen LogP contribution is -2.45. The Kier molecular flexibility index (Phi) is 73.9. The molecule has 0 spiro atoms. The number of aliphatic hydroxyl groups excluding tert-OH is 2. The van der Waals surface area contributed by atoms with Crippen LogP contribution >= 0.6 is 0 Å². The predicted octanol–water partition coefficient (Wildman–Crippen LogP) is 25.8. The van der Waals surface area contributed by atoms with Gasteiger partial charge in [-0.3, -0.25) is 9.59 Å². The molecule has 2 atom stereocenters. The molecule has 0 bridgehead atoms. The molecule has 0 aliphatic rings. The van der Waals surface area contributed by atoms with Gasteiger partial charge in [-0.2, -0.15) is 0 Å². The zero-order valence-electron chi connectivity index (χ0n) is 58.3. The molecule has 0 aromatic carbocycles. The zero-order chi connectivity index (χ0) is 62.0. The first-order chi connectivity index (χ1) is 42.5. The third kappa shape index (κ3) is 71.2. The Labute approximate surface area is 538 Å². The van der Waals surface area contributed by atoms with Crippen molar-refractivity contribution < 1.29 is 24.5 Å². The molecule has 2 unspecified atom stereocenters. The molecule has 0 rings (SSSR count). The first-order valence-electron chi connectivity index (χ1n) is 39.3. The summed E-state index contributed by atoms with van der Waals surface area (Å²) in [6.45, 7) is 4.95. The van der Waals surface area contributed by atoms with Crippen molar-refractivity contribution in [2.24, 2.45) is 0 Å². The average molecular weight is 1210 g/mol. The second kappa shape index (κ2) is 75.5. The monoisotopic (exact) mass is 1210 g/mol. The molecule has 508 valence electrons. The second-order valence-corrected chi connectivity index (χ2v) is 27.0. The van der Waals surface area contributed by atoms with Gasteiger partial charge < -0.3 is 20.3 Å². The van der Waals surface area contributed by atoms with E-state index < -0.39 is 12.1 Å². The molecule has 0 saturated heterocycles. The maximum atomic E-state index is 12.5. The van der Waals surface area contributed by atoms with Crippen molar-refractivity contribution in [3.8, 4) is 0 Å². The fraction of sp³-hybridized carbons (Fsp3) is 0.900. The number of rotatable bonds is 74. The highest BCUT2D eigenvalue weighted by atomic mass is 16.5. The third-order valence-corrected chi connectivity index (χ3v) is 18.4. The normalized spacial score (nSPS) is 12.7. The number of unbranched alkanes of at least 4 members (excludes halogenated alkanes) is 59. The number of ether oxygens (including phenoxy) is 1. The number of hydrogen-bond donors (Lipinski definition) is 3. The second-order valence-electron chi connectivity index (χ2n) is 27.0. The fourth-order valence-corrected chi connectivity index (χ4v) is 12.4. The summed E-state index contributed by atoms with van der Waals surface area (Å²) in [5, 5.41) is 23.3. The Morgan fingerprint density at radius 2 is 0.581 bits per heavy atom. The molecular formula is C80H153NO5. The number of carbonyl (C=O) groups excluding carboxylic acids is 2. The summed E-state index contributed by atoms with van der Waals surface area (Å²) in [5.74, 6) is -0.0446. The van der Waals surface area contributed by atoms with Crippen molar-refractivity contribution >= 4 is 11.9 Å². The number of nitrogens with one attached hydrogen (secondary N) is 1. The number of amides is 1. The maximum absolute atomic E-state index is 12.5. The van der Waals surface area contributed by atoms with Crippen molar-refractivity contribution in [2.45, 2.75) is 450 Å². The van der Waals surface area contributed by atoms with Crippen LogP contribution in [0.4, 0.5) is 0 Å². The van der Waals surface area contributed by atoms with Crippen LogP contribution < -0.4 is 5.32 Å². The van der Waals surface area contributed by atoms with E-state index >= 15 is 0 Å². The van der Waals surface area contributed by atoms with Crippen LogP contribution in [0.1, 0.15) is 438 Å². The molecule has 1 amide bonds. The molecule has 3 N–H and O–H groups in total. The van der Waals surface area contributed by atoms with E-state index in [2.05, 4.69) is 43.5 Å². The lowest BCUT2D eigenvalue weighted by Gasteiger charge is -2.20. The molecule has 0 fully saturated rings. The van der Waals surface area contributed by atoms with Gasteiger partial charge in [0.1, 0.15) is 0 Å². The van der Waals surface area contributed by atoms with Gasteiger partial charge in [-0.05, 0) is 64.2 Å². The van der Waals surface area contributed by atoms with Gasteiger partial charge in [0.15, 0.2) is 0 Å². The molecule has 6 nitrogen and oxygen atoms in total. The van der Waals surface area contributed by atoms with E-state index in [1.807, 2.05) is 6.08 Å². The first kappa shape index (κ1) is 84.1. The molecule has 0 aromatic heterocycles. The lowest BCUT2D eigenvalue weighted by molar-refractivity contribution is -0.143. The van der Waals surface area contributed by atoms with E-state index in [-0.39, 0.29) is 18.5 Å². The van der Waals surface area contributed by atoms with Gasteiger partial charge in [0.2, 0.25) is 5.91 Å². The minimum atomic E-state index is -0.845. The Hall–Kier alpha value is -1.92. The minimum Gasteiger partial charge on any atom is -0.466 e. The highest BCUT2D eigenvalue weighted by Crippen LogP contribution is 2.19. The van der Waals surface area contributed by atoms with Crippen molar-refractivity contribution in [2.75, 3.05) is 13.2 Å². The smallest absolute Gasteiger partial charge is 0.305 e. The highest BCUT2D eigenvalue weighted by Gasteiger charge is 2.18. The molecule has 0 aliphatic carbocycles. The van der Waals surface area contributed by atoms with Crippen LogP contribution in [0, 0.1) is 0 Å². The van der Waals surface area contributed by atoms with Crippen molar-refractivity contribution in [3.63, 3.8) is 0 Å². The van der Waals surface area contributed by atoms with Crippen LogP contribution in [0.25, 0.3) is 0 Å². The highest BCUT2D eigenvalue weighted by molar-refractivity contribution is 5.76. The topological polar surface area (TPSA) is 95.9 Å². The summed E-state index contributed by atoms with van der Waals surface area (Å²) in [7, 11) is 0. The Bertz CT molecular complexity index is 1390. The van der Waals surface area contributed by atoms with E-state index in [1.54, 1.807) is 6.08 Å². The summed E-state index contributed by atoms with van der Waals surface area (Å²) in [6, 6.07) is -0.628. The first-order valence-corrected chi connectivity index (χ1v) is 39.3. The van der Waals surface area contributed by atoms with Gasteiger partial charge in [0.25, 0.3) is 0 Å². The van der Waals surface area contributed by atoms with E-state index in [9.17, 15) is 19.8 Å². The average Bonchev–Trinajstić information content (AvgIpc) is 3.58. The fourth-order valence-electron chi connectivity index (χ4n) is 12.4. The van der Waals surface area contributed by atoms with Crippen LogP contribution in [-0.2, 0) is 14.3 Å². The SMILES string of the molecule is CCCCCCCCCCCCCCCCCCCCCC/C=C/C(O)C(CO)NC(=O)CCCCCCCCCCCCCCCCCCC/C=C\C/C=C\CCCCCCCCCCCOC(=O)CCCCCCCCCCCCCCCC. The lowest BCUT2D eigenvalue weighted by atomic mass is 10.0. The summed E-state index contributed by atoms with van der Waals surface area (Å²) in [5.41, 5.74) is 0. The third-order valence-electron chi connectivity index (χ3n) is 18.4. The van der Waals surface area contributed by atoms with Crippen LogP contribution in [-0.4, -0.2) is 47.4 Å². The molecule has 0 saturated carbocycles. The summed E-state index contributed by atoms with van der Waals surface area (Å²) in [4.78, 5) is 24.6. The standard InChI is InChI=1S/C80H153NO5/c1-3-5-7-9-11-13-15-17-19-20-21-22-36-39-42-45-48-52-56-60-64-68-72-78(83)77(76-82)81-79(84)73-69-65-61-57-53-49-46-43-40-37-34-32-30-28-26-24-23-25-27-29-31-33-35-38-41-44-47-51-55-59-63-67-71-75-86-80(85)74-70-66-62-58-54-50-18-16-14-12-10-8-6-4-2/h27,29,33,35,68,72,77-78,82-83H,3-26,28,30-32,34,36-67,69-71,73-76H2,1-2H3,(H,81,84)/b29-27-,35-33-,72-68+. The summed E-state index contributed by atoms with van der Waals surface area (Å²) in [6.07, 6.45) is 98.3. The number of aliphatic hydroxyl groups is 2. The van der Waals surface area contributed by atoms with Gasteiger partial charge in [-0.1, -0.05) is 397 Å². The van der Waals surface area contributed by atoms with E-state index in [0.29, 0.717) is 19.4 Å². The van der Waals surface area contributed by atoms with Gasteiger partial charge in [-0.25, -0.2) is 0 Å². The number of hydrogen-bond acceptors (Lipinski definition) is 5. The van der Waals surface area contributed by atoms with Crippen LogP contribution in [0.3, 0.4) is 0 Å². The van der Waals surface area contributed by atoms with Gasteiger partial charge in [-0.15, -0.1) is 0 Å². The largest absolute Gasteiger partial charge is 0.466 e. The van der Waals surface area contributed by atoms with Gasteiger partial charge in [0, 0.05) is 12.8 Å². The Morgan fingerprint density at radius 1 is 0.326 bits per heavy atom. The van der Waals surface area contributed by atoms with Crippen molar-refractivity contribution in [3.05, 3.63) is 36.5 Å². The molecule has 0 aliphatic heterocycles. The van der Waals surface area contributed by atoms with Crippen LogP contribution in [0.2, 0.25) is 0 Å². The molecule has 86 heavy (non-hydrogen) atoms. The molecule has 0 heterocycles. The van der Waals surface area contributed by atoms with Crippen molar-refractivity contribution in [1.82, 2.24) is 5.32 Å². The predicted molar refractivity (Wildman–Crippen MR) is 379 cm³/mol. The van der Waals surface area contributed by atoms with Gasteiger partial charge in [0.05, 0.1) is 25.4 Å². The molecule has 0 radical (unpaired) electrons. The zero-order valence-corrected chi connectivity index (χ0v) is 58.3. The van der Waals surface area contributed by atoms with E-state index in [4.69, 9.17) is 4.74 Å². The van der Waals surface area contributed by atoms with Crippen LogP contribution in [0.15, 0.2) is 36.5 Å². The van der Waals surface area contributed by atoms with Gasteiger partial charge >= 0.3 is 5.97 Å². The number of carbonyl (C=O) groups is 2. The maximum Gasteiger partial charge on any atom is 0.305 e. The number of esters is 1. The van der Waals surface area contributed by atoms with E-state index in [1.165, 1.54) is 366 Å². The van der Waals surface area contributed by atoms with Crippen molar-refractivity contribution in [1.29, 1.82) is 0 Å². The molecule has 6 heteroatoms. The number of allylic oxidation sites excluding steroid dienone is 5. The summed E-state index contributed by atoms with van der Waals surface area (Å²) < 4.78 is 5.49. The summed E-state index contributed by atoms with van der Waals surface area (Å²) >= 11 is 0.